The first-order chi connectivity index (χ1) is 6.02. The van der Waals surface area contributed by atoms with Crippen molar-refractivity contribution in [2.24, 2.45) is 16.7 Å². The van der Waals surface area contributed by atoms with Crippen LogP contribution in [0.5, 0.6) is 0 Å². The number of hydrogen-bond acceptors (Lipinski definition) is 0. The fraction of sp³-hybridized carbons (Fsp3) is 0.846. The van der Waals surface area contributed by atoms with Gasteiger partial charge in [0.1, 0.15) is 0 Å². The van der Waals surface area contributed by atoms with E-state index in [0.29, 0.717) is 10.8 Å². The summed E-state index contributed by atoms with van der Waals surface area (Å²) in [7, 11) is 0. The summed E-state index contributed by atoms with van der Waals surface area (Å²) in [5.74, 6) is 0.965. The van der Waals surface area contributed by atoms with Crippen LogP contribution in [0.3, 0.4) is 0 Å². The van der Waals surface area contributed by atoms with Crippen molar-refractivity contribution >= 4 is 0 Å². The molecule has 0 aromatic rings. The van der Waals surface area contributed by atoms with Crippen LogP contribution < -0.4 is 0 Å². The van der Waals surface area contributed by atoms with Gasteiger partial charge >= 0.3 is 0 Å². The summed E-state index contributed by atoms with van der Waals surface area (Å²) >= 11 is 0. The Hall–Kier alpha value is -0.260. The van der Waals surface area contributed by atoms with E-state index >= 15 is 0 Å². The van der Waals surface area contributed by atoms with Crippen LogP contribution in [0.4, 0.5) is 0 Å². The molecule has 74 valence electrons. The molecule has 0 heterocycles. The van der Waals surface area contributed by atoms with E-state index in [1.54, 1.807) is 0 Å². The zero-order chi connectivity index (χ0) is 9.53. The molecule has 0 saturated heterocycles. The molecule has 0 bridgehead atoms. The lowest BCUT2D eigenvalue weighted by Gasteiger charge is -2.29. The van der Waals surface area contributed by atoms with Gasteiger partial charge in [-0.2, -0.15) is 0 Å². The fourth-order valence-electron chi connectivity index (χ4n) is 3.07. The Balaban J connectivity index is 2.02. The van der Waals surface area contributed by atoms with Gasteiger partial charge in [-0.3, -0.25) is 0 Å². The molecule has 0 amide bonds. The van der Waals surface area contributed by atoms with Crippen molar-refractivity contribution in [3.8, 4) is 0 Å². The average Bonchev–Trinajstić information content (AvgIpc) is 2.60. The summed E-state index contributed by atoms with van der Waals surface area (Å²) < 4.78 is 0. The standard InChI is InChI=1S/C13H22/c1-12(2,3)11-6-9-13(10-11)7-4-5-8-13/h4-5,11H,6-10H2,1-3H3. The maximum Gasteiger partial charge on any atom is -0.0226 e. The molecular weight excluding hydrogens is 156 g/mol. The largest absolute Gasteiger partial charge is 0.0880 e. The number of allylic oxidation sites excluding steroid dienone is 2. The van der Waals surface area contributed by atoms with E-state index in [9.17, 15) is 0 Å². The minimum Gasteiger partial charge on any atom is -0.0880 e. The van der Waals surface area contributed by atoms with Crippen molar-refractivity contribution in [3.63, 3.8) is 0 Å². The predicted octanol–water partition coefficient (Wildman–Crippen LogP) is 4.17. The molecule has 1 saturated carbocycles. The van der Waals surface area contributed by atoms with Crippen LogP contribution in [0.2, 0.25) is 0 Å². The first kappa shape index (κ1) is 9.30. The van der Waals surface area contributed by atoms with Crippen LogP contribution in [0.15, 0.2) is 12.2 Å². The molecule has 1 atom stereocenters. The Kier molecular flexibility index (Phi) is 2.05. The van der Waals surface area contributed by atoms with E-state index in [-0.39, 0.29) is 0 Å². The van der Waals surface area contributed by atoms with E-state index < -0.39 is 0 Å². The smallest absolute Gasteiger partial charge is 0.0226 e. The highest BCUT2D eigenvalue weighted by atomic mass is 14.5. The third-order valence-electron chi connectivity index (χ3n) is 4.20. The summed E-state index contributed by atoms with van der Waals surface area (Å²) in [6.45, 7) is 7.21. The lowest BCUT2D eigenvalue weighted by Crippen LogP contribution is -2.20. The number of rotatable bonds is 0. The minimum atomic E-state index is 0.534. The van der Waals surface area contributed by atoms with Gasteiger partial charge in [0.15, 0.2) is 0 Å². The summed E-state index contributed by atoms with van der Waals surface area (Å²) in [5, 5.41) is 0. The van der Waals surface area contributed by atoms with Gasteiger partial charge in [-0.05, 0) is 48.9 Å². The van der Waals surface area contributed by atoms with Crippen LogP contribution in [0.25, 0.3) is 0 Å². The van der Waals surface area contributed by atoms with Crippen molar-refractivity contribution in [2.45, 2.75) is 52.9 Å². The summed E-state index contributed by atoms with van der Waals surface area (Å²) in [5.41, 5.74) is 1.24. The Morgan fingerprint density at radius 3 is 2.23 bits per heavy atom. The van der Waals surface area contributed by atoms with Crippen LogP contribution in [0.1, 0.15) is 52.9 Å². The molecule has 0 radical (unpaired) electrons. The molecule has 0 nitrogen and oxygen atoms in total. The predicted molar refractivity (Wildman–Crippen MR) is 57.6 cm³/mol. The lowest BCUT2D eigenvalue weighted by molar-refractivity contribution is 0.212. The SMILES string of the molecule is CC(C)(C)C1CCC2(CC=CC2)C1. The van der Waals surface area contributed by atoms with Gasteiger partial charge in [-0.25, -0.2) is 0 Å². The van der Waals surface area contributed by atoms with Gasteiger partial charge in [0, 0.05) is 0 Å². The highest BCUT2D eigenvalue weighted by Crippen LogP contribution is 2.54. The second kappa shape index (κ2) is 2.87. The van der Waals surface area contributed by atoms with E-state index in [2.05, 4.69) is 32.9 Å². The molecule has 0 aromatic carbocycles. The summed E-state index contributed by atoms with van der Waals surface area (Å²) in [6, 6.07) is 0. The summed E-state index contributed by atoms with van der Waals surface area (Å²) in [6.07, 6.45) is 11.9. The Morgan fingerprint density at radius 2 is 1.77 bits per heavy atom. The topological polar surface area (TPSA) is 0 Å². The van der Waals surface area contributed by atoms with E-state index in [1.165, 1.54) is 32.1 Å². The molecule has 2 aliphatic rings. The normalized spacial score (nSPS) is 31.8. The lowest BCUT2D eigenvalue weighted by atomic mass is 9.76. The van der Waals surface area contributed by atoms with Crippen molar-refractivity contribution in [2.75, 3.05) is 0 Å². The van der Waals surface area contributed by atoms with Gasteiger partial charge in [0.05, 0.1) is 0 Å². The van der Waals surface area contributed by atoms with Crippen LogP contribution in [0, 0.1) is 16.7 Å². The van der Waals surface area contributed by atoms with Gasteiger partial charge < -0.3 is 0 Å². The Bertz CT molecular complexity index is 209. The van der Waals surface area contributed by atoms with Crippen LogP contribution >= 0.6 is 0 Å². The van der Waals surface area contributed by atoms with Gasteiger partial charge in [0.25, 0.3) is 0 Å². The Labute approximate surface area is 82.4 Å². The highest BCUT2D eigenvalue weighted by molar-refractivity contribution is 5.07. The maximum atomic E-state index is 2.40. The second-order valence-corrected chi connectivity index (χ2v) is 6.19. The first-order valence-electron chi connectivity index (χ1n) is 5.67. The molecule has 1 spiro atoms. The van der Waals surface area contributed by atoms with Gasteiger partial charge in [-0.1, -0.05) is 32.9 Å². The maximum absolute atomic E-state index is 2.40. The third-order valence-corrected chi connectivity index (χ3v) is 4.20. The Morgan fingerprint density at radius 1 is 1.15 bits per heavy atom. The molecule has 0 aromatic heterocycles. The van der Waals surface area contributed by atoms with Crippen molar-refractivity contribution < 1.29 is 0 Å². The van der Waals surface area contributed by atoms with Gasteiger partial charge in [-0.15, -0.1) is 0 Å². The average molecular weight is 178 g/mol. The molecule has 2 rings (SSSR count). The van der Waals surface area contributed by atoms with E-state index in [1.807, 2.05) is 0 Å². The molecular formula is C13H22. The van der Waals surface area contributed by atoms with Crippen LogP contribution in [-0.2, 0) is 0 Å². The minimum absolute atomic E-state index is 0.534. The van der Waals surface area contributed by atoms with Crippen molar-refractivity contribution in [1.82, 2.24) is 0 Å². The second-order valence-electron chi connectivity index (χ2n) is 6.19. The van der Waals surface area contributed by atoms with Crippen LogP contribution in [-0.4, -0.2) is 0 Å². The zero-order valence-electron chi connectivity index (χ0n) is 9.27. The first-order valence-corrected chi connectivity index (χ1v) is 5.67. The van der Waals surface area contributed by atoms with E-state index in [0.717, 1.165) is 5.92 Å². The quantitative estimate of drug-likeness (QED) is 0.488. The third kappa shape index (κ3) is 1.68. The molecule has 0 aliphatic heterocycles. The zero-order valence-corrected chi connectivity index (χ0v) is 9.27. The van der Waals surface area contributed by atoms with Gasteiger partial charge in [0.2, 0.25) is 0 Å². The molecule has 1 unspecified atom stereocenters. The molecule has 1 fully saturated rings. The molecule has 0 heteroatoms. The molecule has 0 N–H and O–H groups in total. The van der Waals surface area contributed by atoms with Crippen molar-refractivity contribution in [1.29, 1.82) is 0 Å². The molecule has 13 heavy (non-hydrogen) atoms. The highest BCUT2D eigenvalue weighted by Gasteiger charge is 2.42. The van der Waals surface area contributed by atoms with Crippen molar-refractivity contribution in [3.05, 3.63) is 12.2 Å². The summed E-state index contributed by atoms with van der Waals surface area (Å²) in [4.78, 5) is 0. The van der Waals surface area contributed by atoms with E-state index in [4.69, 9.17) is 0 Å². The number of hydrogen-bond donors (Lipinski definition) is 0. The monoisotopic (exact) mass is 178 g/mol. The fourth-order valence-corrected chi connectivity index (χ4v) is 3.07. The molecule has 2 aliphatic carbocycles.